The van der Waals surface area contributed by atoms with Gasteiger partial charge in [-0.1, -0.05) is 35.9 Å². The number of methoxy groups -OCH3 is 2. The van der Waals surface area contributed by atoms with Crippen LogP contribution in [0.15, 0.2) is 83.7 Å². The Morgan fingerprint density at radius 1 is 0.950 bits per heavy atom. The maximum Gasteiger partial charge on any atom is 0.291 e. The summed E-state index contributed by atoms with van der Waals surface area (Å²) in [7, 11) is 3.10. The number of nitrogens with one attached hydrogen (secondary N) is 1. The molecule has 5 rings (SSSR count). The van der Waals surface area contributed by atoms with Crippen molar-refractivity contribution in [1.29, 1.82) is 0 Å². The molecule has 1 N–H and O–H groups in total. The molecule has 2 amide bonds. The van der Waals surface area contributed by atoms with Gasteiger partial charge < -0.3 is 9.47 Å². The molecule has 0 spiro atoms. The highest BCUT2D eigenvalue weighted by molar-refractivity contribution is 7.99. The molecular formula is C29H25ClN4O5S. The molecule has 1 unspecified atom stereocenters. The molecule has 1 aromatic heterocycles. The number of halogens is 1. The molecular weight excluding hydrogens is 552 g/mol. The van der Waals surface area contributed by atoms with Crippen LogP contribution >= 0.6 is 23.4 Å². The number of hydrazine groups is 1. The average Bonchev–Trinajstić information content (AvgIpc) is 2.98. The molecule has 3 aromatic carbocycles. The van der Waals surface area contributed by atoms with Crippen molar-refractivity contribution < 1.29 is 19.1 Å². The van der Waals surface area contributed by atoms with E-state index in [1.54, 1.807) is 74.9 Å². The van der Waals surface area contributed by atoms with Crippen LogP contribution in [-0.4, -0.2) is 46.6 Å². The van der Waals surface area contributed by atoms with Crippen molar-refractivity contribution in [2.24, 2.45) is 0 Å². The molecule has 204 valence electrons. The summed E-state index contributed by atoms with van der Waals surface area (Å²) in [5, 5.41) is 5.91. The number of nitrogens with zero attached hydrogens (tertiary/aromatic N) is 3. The van der Waals surface area contributed by atoms with Gasteiger partial charge in [-0.05, 0) is 59.7 Å². The van der Waals surface area contributed by atoms with E-state index in [2.05, 4.69) is 10.5 Å². The Hall–Kier alpha value is -4.28. The smallest absolute Gasteiger partial charge is 0.291 e. The van der Waals surface area contributed by atoms with E-state index in [-0.39, 0.29) is 18.0 Å². The number of ether oxygens (including phenoxy) is 2. The van der Waals surface area contributed by atoms with E-state index >= 15 is 0 Å². The Balaban J connectivity index is 1.57. The predicted octanol–water partition coefficient (Wildman–Crippen LogP) is 4.88. The highest BCUT2D eigenvalue weighted by Gasteiger charge is 2.33. The van der Waals surface area contributed by atoms with Crippen molar-refractivity contribution >= 4 is 35.2 Å². The summed E-state index contributed by atoms with van der Waals surface area (Å²) in [6.45, 7) is 0. The van der Waals surface area contributed by atoms with Crippen molar-refractivity contribution in [3.05, 3.63) is 105 Å². The standard InChI is InChI=1S/C29H25ClN4O5S/c1-38-22-11-5-18(6-12-22)24-17-26(36)33(21-9-13-23(39-2)14-10-21)31-27(24)28(37)32-34-25(35)15-16-40-29(34)19-3-7-20(30)8-4-19/h3-14,17,29H,15-16H2,1-2H3,(H,32,37). The first-order valence-corrected chi connectivity index (χ1v) is 13.7. The van der Waals surface area contributed by atoms with Gasteiger partial charge in [0.2, 0.25) is 5.91 Å². The summed E-state index contributed by atoms with van der Waals surface area (Å²) in [5.74, 6) is 0.968. The Morgan fingerprint density at radius 3 is 2.20 bits per heavy atom. The minimum atomic E-state index is -0.636. The lowest BCUT2D eigenvalue weighted by Gasteiger charge is -2.35. The number of hydrogen-bond acceptors (Lipinski definition) is 7. The summed E-state index contributed by atoms with van der Waals surface area (Å²) in [6.07, 6.45) is 0.263. The zero-order valence-electron chi connectivity index (χ0n) is 21.7. The maximum atomic E-state index is 13.8. The van der Waals surface area contributed by atoms with Gasteiger partial charge >= 0.3 is 0 Å². The van der Waals surface area contributed by atoms with E-state index in [4.69, 9.17) is 21.1 Å². The van der Waals surface area contributed by atoms with Crippen LogP contribution in [0.1, 0.15) is 27.8 Å². The van der Waals surface area contributed by atoms with Gasteiger partial charge in [0, 0.05) is 28.8 Å². The zero-order valence-corrected chi connectivity index (χ0v) is 23.2. The van der Waals surface area contributed by atoms with E-state index in [0.29, 0.717) is 39.1 Å². The van der Waals surface area contributed by atoms with Crippen molar-refractivity contribution in [1.82, 2.24) is 20.2 Å². The molecule has 0 aliphatic carbocycles. The first kappa shape index (κ1) is 27.3. The third kappa shape index (κ3) is 5.68. The Kier molecular flexibility index (Phi) is 8.09. The third-order valence-electron chi connectivity index (χ3n) is 6.34. The van der Waals surface area contributed by atoms with Gasteiger partial charge in [-0.2, -0.15) is 9.78 Å². The van der Waals surface area contributed by atoms with Gasteiger partial charge in [-0.25, -0.2) is 5.01 Å². The summed E-state index contributed by atoms with van der Waals surface area (Å²) in [5.41, 5.74) is 4.47. The SMILES string of the molecule is COc1ccc(-c2cc(=O)n(-c3ccc(OC)cc3)nc2C(=O)NN2C(=O)CCSC2c2ccc(Cl)cc2)cc1. The van der Waals surface area contributed by atoms with Crippen molar-refractivity contribution in [3.63, 3.8) is 0 Å². The topological polar surface area (TPSA) is 103 Å². The van der Waals surface area contributed by atoms with Crippen LogP contribution in [0.3, 0.4) is 0 Å². The molecule has 1 atom stereocenters. The second kappa shape index (κ2) is 11.8. The summed E-state index contributed by atoms with van der Waals surface area (Å²) in [4.78, 5) is 40.1. The van der Waals surface area contributed by atoms with Gasteiger partial charge in [-0.15, -0.1) is 11.8 Å². The first-order valence-electron chi connectivity index (χ1n) is 12.3. The van der Waals surface area contributed by atoms with Crippen LogP contribution in [0.25, 0.3) is 16.8 Å². The fourth-order valence-corrected chi connectivity index (χ4v) is 5.57. The van der Waals surface area contributed by atoms with Crippen molar-refractivity contribution in [2.75, 3.05) is 20.0 Å². The highest BCUT2D eigenvalue weighted by atomic mass is 35.5. The summed E-state index contributed by atoms with van der Waals surface area (Å²) in [6, 6.07) is 22.2. The van der Waals surface area contributed by atoms with Gasteiger partial charge in [0.1, 0.15) is 16.9 Å². The minimum Gasteiger partial charge on any atom is -0.497 e. The van der Waals surface area contributed by atoms with Gasteiger partial charge in [0.15, 0.2) is 5.69 Å². The van der Waals surface area contributed by atoms with Crippen molar-refractivity contribution in [2.45, 2.75) is 11.8 Å². The molecule has 2 heterocycles. The number of carbonyl (C=O) groups is 2. The van der Waals surface area contributed by atoms with Crippen LogP contribution in [0.2, 0.25) is 5.02 Å². The second-order valence-electron chi connectivity index (χ2n) is 8.81. The second-order valence-corrected chi connectivity index (χ2v) is 10.4. The molecule has 1 fully saturated rings. The van der Waals surface area contributed by atoms with Crippen LogP contribution in [0.5, 0.6) is 11.5 Å². The largest absolute Gasteiger partial charge is 0.497 e. The lowest BCUT2D eigenvalue weighted by Crippen LogP contribution is -2.50. The highest BCUT2D eigenvalue weighted by Crippen LogP contribution is 2.36. The molecule has 40 heavy (non-hydrogen) atoms. The number of hydrogen-bond donors (Lipinski definition) is 1. The monoisotopic (exact) mass is 576 g/mol. The van der Waals surface area contributed by atoms with Crippen molar-refractivity contribution in [3.8, 4) is 28.3 Å². The predicted molar refractivity (Wildman–Crippen MR) is 154 cm³/mol. The van der Waals surface area contributed by atoms with Gasteiger partial charge in [0.25, 0.3) is 11.5 Å². The fraction of sp³-hybridized carbons (Fsp3) is 0.172. The van der Waals surface area contributed by atoms with Gasteiger partial charge in [0.05, 0.1) is 19.9 Å². The normalized spacial score (nSPS) is 15.0. The molecule has 0 saturated carbocycles. The van der Waals surface area contributed by atoms with Crippen LogP contribution in [-0.2, 0) is 4.79 Å². The van der Waals surface area contributed by atoms with Crippen LogP contribution in [0.4, 0.5) is 0 Å². The molecule has 4 aromatic rings. The lowest BCUT2D eigenvalue weighted by atomic mass is 10.0. The first-order chi connectivity index (χ1) is 19.4. The summed E-state index contributed by atoms with van der Waals surface area (Å²) < 4.78 is 11.6. The molecule has 1 aliphatic rings. The van der Waals surface area contributed by atoms with E-state index in [1.807, 2.05) is 12.1 Å². The molecule has 11 heteroatoms. The minimum absolute atomic E-state index is 0.0289. The number of aromatic nitrogens is 2. The number of thioether (sulfide) groups is 1. The maximum absolute atomic E-state index is 13.8. The number of benzene rings is 3. The Labute approximate surface area is 239 Å². The van der Waals surface area contributed by atoms with Gasteiger partial charge in [-0.3, -0.25) is 19.8 Å². The number of rotatable bonds is 7. The zero-order chi connectivity index (χ0) is 28.2. The molecule has 0 bridgehead atoms. The Morgan fingerprint density at radius 2 is 1.57 bits per heavy atom. The average molecular weight is 577 g/mol. The van der Waals surface area contributed by atoms with E-state index in [9.17, 15) is 14.4 Å². The third-order valence-corrected chi connectivity index (χ3v) is 7.83. The molecule has 1 aliphatic heterocycles. The van der Waals surface area contributed by atoms with E-state index < -0.39 is 16.8 Å². The molecule has 1 saturated heterocycles. The molecule has 9 nitrogen and oxygen atoms in total. The Bertz CT molecular complexity index is 1590. The van der Waals surface area contributed by atoms with Crippen LogP contribution < -0.4 is 20.5 Å². The number of amides is 2. The number of carbonyl (C=O) groups excluding carboxylic acids is 2. The van der Waals surface area contributed by atoms with E-state index in [1.165, 1.54) is 22.8 Å². The molecule has 0 radical (unpaired) electrons. The van der Waals surface area contributed by atoms with E-state index in [0.717, 1.165) is 10.2 Å². The van der Waals surface area contributed by atoms with Crippen LogP contribution in [0, 0.1) is 0 Å². The lowest BCUT2D eigenvalue weighted by molar-refractivity contribution is -0.134. The summed E-state index contributed by atoms with van der Waals surface area (Å²) >= 11 is 7.59. The fourth-order valence-electron chi connectivity index (χ4n) is 4.26. The quantitative estimate of drug-likeness (QED) is 0.334.